The first-order valence-electron chi connectivity index (χ1n) is 7.35. The standard InChI is InChI=1S/C14H22ClN5O2/c1-9-12(13(15)19(3)18-9)14(22)17-10-4-6-20(7-5-10)8-11(21)16-2/h10H,4-8H2,1-3H3,(H,16,21)(H,17,22). The molecule has 2 N–H and O–H groups in total. The number of likely N-dealkylation sites (N-methyl/N-ethyl adjacent to an activating group) is 1. The highest BCUT2D eigenvalue weighted by Gasteiger charge is 2.25. The largest absolute Gasteiger partial charge is 0.358 e. The van der Waals surface area contributed by atoms with Gasteiger partial charge in [0.2, 0.25) is 5.91 Å². The molecule has 1 aromatic rings. The van der Waals surface area contributed by atoms with E-state index >= 15 is 0 Å². The Morgan fingerprint density at radius 3 is 2.50 bits per heavy atom. The van der Waals surface area contributed by atoms with Gasteiger partial charge in [-0.3, -0.25) is 19.2 Å². The van der Waals surface area contributed by atoms with Crippen molar-refractivity contribution < 1.29 is 9.59 Å². The van der Waals surface area contributed by atoms with Crippen molar-refractivity contribution in [3.05, 3.63) is 16.4 Å². The molecule has 0 bridgehead atoms. The zero-order valence-corrected chi connectivity index (χ0v) is 13.9. The van der Waals surface area contributed by atoms with Crippen LogP contribution in [0.5, 0.6) is 0 Å². The van der Waals surface area contributed by atoms with Crippen molar-refractivity contribution in [1.29, 1.82) is 0 Å². The average molecular weight is 328 g/mol. The molecule has 22 heavy (non-hydrogen) atoms. The van der Waals surface area contributed by atoms with Crippen LogP contribution < -0.4 is 10.6 Å². The van der Waals surface area contributed by atoms with Gasteiger partial charge in [0.25, 0.3) is 5.91 Å². The normalized spacial score (nSPS) is 16.5. The van der Waals surface area contributed by atoms with Crippen molar-refractivity contribution in [2.45, 2.75) is 25.8 Å². The number of nitrogens with zero attached hydrogens (tertiary/aromatic N) is 3. The van der Waals surface area contributed by atoms with Crippen molar-refractivity contribution in [3.63, 3.8) is 0 Å². The van der Waals surface area contributed by atoms with E-state index in [1.54, 1.807) is 21.0 Å². The summed E-state index contributed by atoms with van der Waals surface area (Å²) in [6.07, 6.45) is 1.64. The van der Waals surface area contributed by atoms with Gasteiger partial charge in [0.1, 0.15) is 5.15 Å². The van der Waals surface area contributed by atoms with E-state index in [2.05, 4.69) is 20.6 Å². The third-order valence-corrected chi connectivity index (χ3v) is 4.38. The number of nitrogens with one attached hydrogen (secondary N) is 2. The van der Waals surface area contributed by atoms with Crippen LogP contribution in [0, 0.1) is 6.92 Å². The molecule has 8 heteroatoms. The maximum Gasteiger partial charge on any atom is 0.256 e. The average Bonchev–Trinajstić information content (AvgIpc) is 2.74. The number of amides is 2. The van der Waals surface area contributed by atoms with Crippen molar-refractivity contribution in [1.82, 2.24) is 25.3 Å². The van der Waals surface area contributed by atoms with Gasteiger partial charge in [-0.1, -0.05) is 11.6 Å². The van der Waals surface area contributed by atoms with Crippen LogP contribution in [0.2, 0.25) is 5.15 Å². The summed E-state index contributed by atoms with van der Waals surface area (Å²) in [5.74, 6) is -0.166. The predicted molar refractivity (Wildman–Crippen MR) is 83.9 cm³/mol. The van der Waals surface area contributed by atoms with Crippen molar-refractivity contribution in [2.24, 2.45) is 7.05 Å². The van der Waals surface area contributed by atoms with Crippen LogP contribution in [-0.2, 0) is 11.8 Å². The Morgan fingerprint density at radius 2 is 2.00 bits per heavy atom. The summed E-state index contributed by atoms with van der Waals surface area (Å²) in [5, 5.41) is 10.1. The molecule has 0 aliphatic carbocycles. The summed E-state index contributed by atoms with van der Waals surface area (Å²) in [7, 11) is 3.35. The van der Waals surface area contributed by atoms with Crippen molar-refractivity contribution >= 4 is 23.4 Å². The highest BCUT2D eigenvalue weighted by molar-refractivity contribution is 6.33. The van der Waals surface area contributed by atoms with E-state index in [0.717, 1.165) is 25.9 Å². The molecule has 2 amide bonds. The maximum absolute atomic E-state index is 12.3. The van der Waals surface area contributed by atoms with Crippen molar-refractivity contribution in [3.8, 4) is 0 Å². The molecule has 1 saturated heterocycles. The van der Waals surface area contributed by atoms with Crippen LogP contribution in [-0.4, -0.2) is 59.2 Å². The van der Waals surface area contributed by atoms with Gasteiger partial charge in [0.05, 0.1) is 17.8 Å². The summed E-state index contributed by atoms with van der Waals surface area (Å²) in [4.78, 5) is 25.8. The number of carbonyl (C=O) groups excluding carboxylic acids is 2. The first kappa shape index (κ1) is 16.8. The lowest BCUT2D eigenvalue weighted by molar-refractivity contribution is -0.122. The van der Waals surface area contributed by atoms with E-state index in [-0.39, 0.29) is 17.9 Å². The minimum absolute atomic E-state index is 0.0141. The molecule has 122 valence electrons. The molecule has 1 aromatic heterocycles. The number of aromatic nitrogens is 2. The van der Waals surface area contributed by atoms with E-state index in [4.69, 9.17) is 11.6 Å². The number of hydrogen-bond acceptors (Lipinski definition) is 4. The minimum atomic E-state index is -0.180. The van der Waals surface area contributed by atoms with Crippen LogP contribution in [0.25, 0.3) is 0 Å². The quantitative estimate of drug-likeness (QED) is 0.835. The number of halogens is 1. The molecule has 0 radical (unpaired) electrons. The Balaban J connectivity index is 1.88. The molecule has 7 nitrogen and oxygen atoms in total. The molecular formula is C14H22ClN5O2. The lowest BCUT2D eigenvalue weighted by atomic mass is 10.0. The van der Waals surface area contributed by atoms with E-state index in [1.807, 2.05) is 0 Å². The highest BCUT2D eigenvalue weighted by atomic mass is 35.5. The van der Waals surface area contributed by atoms with Gasteiger partial charge in [-0.25, -0.2) is 0 Å². The third kappa shape index (κ3) is 3.78. The molecule has 2 heterocycles. The van der Waals surface area contributed by atoms with Gasteiger partial charge in [-0.15, -0.1) is 0 Å². The van der Waals surface area contributed by atoms with Gasteiger partial charge >= 0.3 is 0 Å². The molecule has 0 unspecified atom stereocenters. The van der Waals surface area contributed by atoms with Gasteiger partial charge < -0.3 is 10.6 Å². The zero-order valence-electron chi connectivity index (χ0n) is 13.1. The van der Waals surface area contributed by atoms with Crippen LogP contribution >= 0.6 is 11.6 Å². The topological polar surface area (TPSA) is 79.3 Å². The van der Waals surface area contributed by atoms with Gasteiger partial charge in [0, 0.05) is 33.2 Å². The molecule has 2 rings (SSSR count). The summed E-state index contributed by atoms with van der Waals surface area (Å²) in [5.41, 5.74) is 1.07. The Labute approximate surface area is 135 Å². The SMILES string of the molecule is CNC(=O)CN1CCC(NC(=O)c2c(C)nn(C)c2Cl)CC1. The zero-order chi connectivity index (χ0) is 16.3. The second kappa shape index (κ2) is 7.11. The van der Waals surface area contributed by atoms with E-state index < -0.39 is 0 Å². The Bertz CT molecular complexity index is 564. The molecule has 0 aromatic carbocycles. The summed E-state index contributed by atoms with van der Waals surface area (Å²) in [6, 6.07) is 0.101. The second-order valence-corrected chi connectivity index (χ2v) is 5.93. The Kier molecular flexibility index (Phi) is 5.42. The van der Waals surface area contributed by atoms with Gasteiger partial charge in [0.15, 0.2) is 0 Å². The van der Waals surface area contributed by atoms with E-state index in [1.165, 1.54) is 4.68 Å². The monoisotopic (exact) mass is 327 g/mol. The van der Waals surface area contributed by atoms with Crippen LogP contribution in [0.4, 0.5) is 0 Å². The van der Waals surface area contributed by atoms with Crippen LogP contribution in [0.3, 0.4) is 0 Å². The fraction of sp³-hybridized carbons (Fsp3) is 0.643. The summed E-state index contributed by atoms with van der Waals surface area (Å²) >= 11 is 6.11. The maximum atomic E-state index is 12.3. The third-order valence-electron chi connectivity index (χ3n) is 3.95. The molecule has 0 saturated carbocycles. The van der Waals surface area contributed by atoms with Gasteiger partial charge in [-0.05, 0) is 19.8 Å². The number of carbonyl (C=O) groups is 2. The van der Waals surface area contributed by atoms with Crippen molar-refractivity contribution in [2.75, 3.05) is 26.7 Å². The lowest BCUT2D eigenvalue weighted by Gasteiger charge is -2.31. The van der Waals surface area contributed by atoms with Crippen LogP contribution in [0.15, 0.2) is 0 Å². The lowest BCUT2D eigenvalue weighted by Crippen LogP contribution is -2.47. The number of rotatable bonds is 4. The predicted octanol–water partition coefficient (Wildman–Crippen LogP) is 0.322. The fourth-order valence-electron chi connectivity index (χ4n) is 2.66. The fourth-order valence-corrected chi connectivity index (χ4v) is 2.92. The molecular weight excluding hydrogens is 306 g/mol. The van der Waals surface area contributed by atoms with E-state index in [0.29, 0.717) is 23.0 Å². The smallest absolute Gasteiger partial charge is 0.256 e. The number of aryl methyl sites for hydroxylation is 2. The number of piperidine rings is 1. The Morgan fingerprint density at radius 1 is 1.36 bits per heavy atom. The molecule has 1 fully saturated rings. The molecule has 1 aliphatic heterocycles. The van der Waals surface area contributed by atoms with Gasteiger partial charge in [-0.2, -0.15) is 5.10 Å². The number of hydrogen-bond donors (Lipinski definition) is 2. The first-order chi connectivity index (χ1) is 10.4. The first-order valence-corrected chi connectivity index (χ1v) is 7.73. The summed E-state index contributed by atoms with van der Waals surface area (Å²) < 4.78 is 1.50. The second-order valence-electron chi connectivity index (χ2n) is 5.57. The molecule has 1 aliphatic rings. The number of likely N-dealkylation sites (tertiary alicyclic amines) is 1. The molecule has 0 atom stereocenters. The molecule has 0 spiro atoms. The Hall–Kier alpha value is -1.60. The van der Waals surface area contributed by atoms with Crippen LogP contribution in [0.1, 0.15) is 28.9 Å². The highest BCUT2D eigenvalue weighted by Crippen LogP contribution is 2.19. The summed E-state index contributed by atoms with van der Waals surface area (Å²) in [6.45, 7) is 3.76. The van der Waals surface area contributed by atoms with E-state index in [9.17, 15) is 9.59 Å². The minimum Gasteiger partial charge on any atom is -0.358 e.